The predicted octanol–water partition coefficient (Wildman–Crippen LogP) is 2.01. The van der Waals surface area contributed by atoms with Gasteiger partial charge in [-0.25, -0.2) is 4.98 Å². The molecule has 0 saturated carbocycles. The number of carbonyl (C=O) groups is 2. The molecule has 0 saturated heterocycles. The summed E-state index contributed by atoms with van der Waals surface area (Å²) in [6.45, 7) is -0.545. The summed E-state index contributed by atoms with van der Waals surface area (Å²) in [7, 11) is 0. The van der Waals surface area contributed by atoms with E-state index in [0.717, 1.165) is 11.1 Å². The summed E-state index contributed by atoms with van der Waals surface area (Å²) in [5, 5.41) is 24.7. The van der Waals surface area contributed by atoms with Crippen molar-refractivity contribution in [3.8, 4) is 0 Å². The van der Waals surface area contributed by atoms with E-state index < -0.39 is 23.9 Å². The average Bonchev–Trinajstić information content (AvgIpc) is 2.81. The Balaban J connectivity index is 1.71. The molecule has 1 heterocycles. The van der Waals surface area contributed by atoms with E-state index in [4.69, 9.17) is 0 Å². The normalized spacial score (nSPS) is 12.6. The van der Waals surface area contributed by atoms with Gasteiger partial charge in [-0.2, -0.15) is 0 Å². The molecule has 30 heavy (non-hydrogen) atoms. The number of aliphatic hydroxyl groups excluding tert-OH is 2. The Kier molecular flexibility index (Phi) is 7.26. The number of hydrogen-bond acceptors (Lipinski definition) is 5. The summed E-state index contributed by atoms with van der Waals surface area (Å²) >= 11 is 0. The Morgan fingerprint density at radius 3 is 1.43 bits per heavy atom. The van der Waals surface area contributed by atoms with Gasteiger partial charge in [0.1, 0.15) is 11.4 Å². The molecule has 1 aromatic heterocycles. The zero-order valence-electron chi connectivity index (χ0n) is 16.2. The van der Waals surface area contributed by atoms with Crippen LogP contribution in [0.4, 0.5) is 0 Å². The Labute approximate surface area is 174 Å². The lowest BCUT2D eigenvalue weighted by Crippen LogP contribution is -2.33. The van der Waals surface area contributed by atoms with Crippen LogP contribution in [0.1, 0.15) is 44.2 Å². The fraction of sp³-hybridized carbons (Fsp3) is 0.174. The highest BCUT2D eigenvalue weighted by Crippen LogP contribution is 2.14. The van der Waals surface area contributed by atoms with Gasteiger partial charge in [-0.3, -0.25) is 9.59 Å². The van der Waals surface area contributed by atoms with Crippen molar-refractivity contribution in [1.82, 2.24) is 15.6 Å². The second-order valence-corrected chi connectivity index (χ2v) is 6.65. The molecule has 7 nitrogen and oxygen atoms in total. The molecule has 2 atom stereocenters. The minimum absolute atomic E-state index is 0.0530. The van der Waals surface area contributed by atoms with Crippen molar-refractivity contribution in [2.45, 2.75) is 12.1 Å². The van der Waals surface area contributed by atoms with Crippen LogP contribution in [0.3, 0.4) is 0 Å². The molecular weight excluding hydrogens is 382 g/mol. The van der Waals surface area contributed by atoms with Crippen LogP contribution in [0.2, 0.25) is 0 Å². The average molecular weight is 405 g/mol. The van der Waals surface area contributed by atoms with Crippen molar-refractivity contribution in [2.75, 3.05) is 13.2 Å². The third kappa shape index (κ3) is 5.28. The molecule has 2 amide bonds. The number of benzene rings is 2. The quantitative estimate of drug-likeness (QED) is 0.458. The van der Waals surface area contributed by atoms with Gasteiger partial charge in [0, 0.05) is 0 Å². The molecule has 0 fully saturated rings. The first-order chi connectivity index (χ1) is 14.6. The second kappa shape index (κ2) is 10.3. The van der Waals surface area contributed by atoms with Crippen LogP contribution in [0.25, 0.3) is 0 Å². The van der Waals surface area contributed by atoms with E-state index in [1.165, 1.54) is 12.1 Å². The molecule has 3 aromatic rings. The summed E-state index contributed by atoms with van der Waals surface area (Å²) in [5.41, 5.74) is 1.63. The number of nitrogens with one attached hydrogen (secondary N) is 2. The molecule has 0 bridgehead atoms. The van der Waals surface area contributed by atoms with Gasteiger partial charge in [-0.15, -0.1) is 0 Å². The van der Waals surface area contributed by atoms with Crippen molar-refractivity contribution < 1.29 is 19.8 Å². The number of hydrogen-bond donors (Lipinski definition) is 4. The Morgan fingerprint density at radius 2 is 1.07 bits per heavy atom. The number of aromatic nitrogens is 1. The van der Waals surface area contributed by atoms with Crippen molar-refractivity contribution in [2.24, 2.45) is 0 Å². The monoisotopic (exact) mass is 405 g/mol. The lowest BCUT2D eigenvalue weighted by Gasteiger charge is -2.17. The summed E-state index contributed by atoms with van der Waals surface area (Å²) in [6, 6.07) is 21.5. The number of pyridine rings is 1. The summed E-state index contributed by atoms with van der Waals surface area (Å²) in [5.74, 6) is -1.01. The van der Waals surface area contributed by atoms with Crippen molar-refractivity contribution >= 4 is 11.8 Å². The number of carbonyl (C=O) groups excluding carboxylic acids is 2. The molecule has 154 valence electrons. The maximum Gasteiger partial charge on any atom is 0.270 e. The topological polar surface area (TPSA) is 112 Å². The molecule has 2 unspecified atom stereocenters. The standard InChI is InChI=1S/C23H23N3O4/c27-14-20(16-8-3-1-4-9-16)25-22(29)18-12-7-13-19(24-18)23(30)26-21(15-28)17-10-5-2-6-11-17/h1-13,20-21,27-28H,14-15H2,(H,25,29)(H,26,30). The largest absolute Gasteiger partial charge is 0.394 e. The maximum absolute atomic E-state index is 12.6. The van der Waals surface area contributed by atoms with Crippen molar-refractivity contribution in [3.63, 3.8) is 0 Å². The maximum atomic E-state index is 12.6. The van der Waals surface area contributed by atoms with Gasteiger partial charge in [0.15, 0.2) is 0 Å². The molecular formula is C23H23N3O4. The van der Waals surface area contributed by atoms with E-state index in [0.29, 0.717) is 0 Å². The van der Waals surface area contributed by atoms with Gasteiger partial charge in [0.25, 0.3) is 11.8 Å². The van der Waals surface area contributed by atoms with E-state index in [1.807, 2.05) is 36.4 Å². The molecule has 2 aromatic carbocycles. The van der Waals surface area contributed by atoms with Crippen molar-refractivity contribution in [1.29, 1.82) is 0 Å². The van der Waals surface area contributed by atoms with Crippen LogP contribution in [0.15, 0.2) is 78.9 Å². The van der Waals surface area contributed by atoms with Gasteiger partial charge in [0.05, 0.1) is 25.3 Å². The van der Waals surface area contributed by atoms with Crippen LogP contribution in [0, 0.1) is 0 Å². The van der Waals surface area contributed by atoms with Crippen LogP contribution >= 0.6 is 0 Å². The summed E-state index contributed by atoms with van der Waals surface area (Å²) in [4.78, 5) is 29.4. The van der Waals surface area contributed by atoms with E-state index in [9.17, 15) is 19.8 Å². The zero-order chi connectivity index (χ0) is 21.3. The number of aliphatic hydroxyl groups is 2. The molecule has 0 spiro atoms. The fourth-order valence-electron chi connectivity index (χ4n) is 2.99. The van der Waals surface area contributed by atoms with Gasteiger partial charge in [-0.05, 0) is 23.3 Å². The first-order valence-corrected chi connectivity index (χ1v) is 9.52. The van der Waals surface area contributed by atoms with E-state index >= 15 is 0 Å². The zero-order valence-corrected chi connectivity index (χ0v) is 16.2. The third-order valence-electron chi connectivity index (χ3n) is 4.59. The van der Waals surface area contributed by atoms with Gasteiger partial charge < -0.3 is 20.8 Å². The Hall–Kier alpha value is -3.55. The van der Waals surface area contributed by atoms with Crippen LogP contribution in [-0.4, -0.2) is 40.2 Å². The summed E-state index contributed by atoms with van der Waals surface area (Å²) < 4.78 is 0. The number of nitrogens with zero attached hydrogens (tertiary/aromatic N) is 1. The fourth-order valence-corrected chi connectivity index (χ4v) is 2.99. The number of rotatable bonds is 8. The Morgan fingerprint density at radius 1 is 0.667 bits per heavy atom. The van der Waals surface area contributed by atoms with Gasteiger partial charge in [-0.1, -0.05) is 66.7 Å². The first kappa shape index (κ1) is 21.2. The van der Waals surface area contributed by atoms with E-state index in [1.54, 1.807) is 30.3 Å². The number of amides is 2. The smallest absolute Gasteiger partial charge is 0.270 e. The van der Waals surface area contributed by atoms with Crippen LogP contribution in [-0.2, 0) is 0 Å². The molecule has 4 N–H and O–H groups in total. The Bertz CT molecular complexity index is 903. The van der Waals surface area contributed by atoms with Crippen LogP contribution in [0.5, 0.6) is 0 Å². The highest BCUT2D eigenvalue weighted by Gasteiger charge is 2.19. The van der Waals surface area contributed by atoms with Crippen LogP contribution < -0.4 is 10.6 Å². The van der Waals surface area contributed by atoms with Gasteiger partial charge >= 0.3 is 0 Å². The molecule has 7 heteroatoms. The van der Waals surface area contributed by atoms with Crippen molar-refractivity contribution in [3.05, 3.63) is 101 Å². The van der Waals surface area contributed by atoms with Gasteiger partial charge in [0.2, 0.25) is 0 Å². The highest BCUT2D eigenvalue weighted by atomic mass is 16.3. The first-order valence-electron chi connectivity index (χ1n) is 9.52. The minimum Gasteiger partial charge on any atom is -0.394 e. The summed E-state index contributed by atoms with van der Waals surface area (Å²) in [6.07, 6.45) is 0. The SMILES string of the molecule is O=C(NC(CO)c1ccccc1)c1cccc(C(=O)NC(CO)c2ccccc2)n1. The highest BCUT2D eigenvalue weighted by molar-refractivity contribution is 5.96. The lowest BCUT2D eigenvalue weighted by atomic mass is 10.1. The molecule has 0 aliphatic carbocycles. The predicted molar refractivity (Wildman–Crippen MR) is 112 cm³/mol. The second-order valence-electron chi connectivity index (χ2n) is 6.65. The van der Waals surface area contributed by atoms with E-state index in [2.05, 4.69) is 15.6 Å². The molecule has 0 aliphatic rings. The molecule has 3 rings (SSSR count). The minimum atomic E-state index is -0.588. The lowest BCUT2D eigenvalue weighted by molar-refractivity contribution is 0.0905. The molecule has 0 radical (unpaired) electrons. The van der Waals surface area contributed by atoms with E-state index in [-0.39, 0.29) is 24.6 Å². The third-order valence-corrected chi connectivity index (χ3v) is 4.59. The molecule has 0 aliphatic heterocycles.